The zero-order valence-electron chi connectivity index (χ0n) is 8.84. The van der Waals surface area contributed by atoms with Crippen molar-refractivity contribution < 1.29 is 4.79 Å². The van der Waals surface area contributed by atoms with Crippen LogP contribution in [0.1, 0.15) is 18.5 Å². The van der Waals surface area contributed by atoms with Gasteiger partial charge >= 0.3 is 0 Å². The van der Waals surface area contributed by atoms with E-state index in [1.807, 2.05) is 37.3 Å². The molecule has 1 aromatic heterocycles. The number of isocyanates is 1. The Labute approximate surface area is 93.0 Å². The minimum absolute atomic E-state index is 0.230. The molecule has 1 unspecified atom stereocenters. The first-order valence-electron chi connectivity index (χ1n) is 4.98. The van der Waals surface area contributed by atoms with Crippen LogP contribution in [-0.4, -0.2) is 16.3 Å². The molecule has 1 atom stereocenters. The SMILES string of the molecule is CC(N=C=O)c1cn[nH]c1-c1ccccc1. The summed E-state index contributed by atoms with van der Waals surface area (Å²) < 4.78 is 0. The minimum Gasteiger partial charge on any atom is -0.277 e. The quantitative estimate of drug-likeness (QED) is 0.629. The fourth-order valence-corrected chi connectivity index (χ4v) is 1.60. The Balaban J connectivity index is 2.44. The summed E-state index contributed by atoms with van der Waals surface area (Å²) in [5, 5.41) is 6.91. The van der Waals surface area contributed by atoms with E-state index in [0.717, 1.165) is 16.8 Å². The molecular formula is C12H11N3O. The summed E-state index contributed by atoms with van der Waals surface area (Å²) in [6.45, 7) is 1.84. The molecule has 0 fully saturated rings. The number of aromatic amines is 1. The number of carbonyl (C=O) groups excluding carboxylic acids is 1. The highest BCUT2D eigenvalue weighted by molar-refractivity contribution is 5.63. The summed E-state index contributed by atoms with van der Waals surface area (Å²) in [6.07, 6.45) is 3.26. The van der Waals surface area contributed by atoms with E-state index in [9.17, 15) is 4.79 Å². The molecule has 1 N–H and O–H groups in total. The van der Waals surface area contributed by atoms with Crippen molar-refractivity contribution in [1.29, 1.82) is 0 Å². The molecule has 1 aromatic carbocycles. The van der Waals surface area contributed by atoms with Crippen LogP contribution in [0.15, 0.2) is 41.5 Å². The summed E-state index contributed by atoms with van der Waals surface area (Å²) in [5.74, 6) is 0. The zero-order chi connectivity index (χ0) is 11.4. The van der Waals surface area contributed by atoms with Gasteiger partial charge in [-0.15, -0.1) is 0 Å². The van der Waals surface area contributed by atoms with Crippen molar-refractivity contribution in [3.63, 3.8) is 0 Å². The number of H-pyrrole nitrogens is 1. The Morgan fingerprint density at radius 2 is 2.12 bits per heavy atom. The van der Waals surface area contributed by atoms with Crippen LogP contribution >= 0.6 is 0 Å². The van der Waals surface area contributed by atoms with Gasteiger partial charge in [0, 0.05) is 5.56 Å². The Kier molecular flexibility index (Phi) is 2.94. The van der Waals surface area contributed by atoms with E-state index in [1.54, 1.807) is 12.3 Å². The van der Waals surface area contributed by atoms with Gasteiger partial charge in [-0.1, -0.05) is 30.3 Å². The van der Waals surface area contributed by atoms with E-state index >= 15 is 0 Å². The molecule has 80 valence electrons. The van der Waals surface area contributed by atoms with Gasteiger partial charge in [0.15, 0.2) is 0 Å². The van der Waals surface area contributed by atoms with Gasteiger partial charge in [0.1, 0.15) is 0 Å². The summed E-state index contributed by atoms with van der Waals surface area (Å²) in [5.41, 5.74) is 2.82. The lowest BCUT2D eigenvalue weighted by molar-refractivity contribution is 0.559. The van der Waals surface area contributed by atoms with Crippen LogP contribution in [0.2, 0.25) is 0 Å². The van der Waals surface area contributed by atoms with Gasteiger partial charge in [0.25, 0.3) is 0 Å². The van der Waals surface area contributed by atoms with E-state index in [2.05, 4.69) is 15.2 Å². The highest BCUT2D eigenvalue weighted by Gasteiger charge is 2.12. The van der Waals surface area contributed by atoms with Gasteiger partial charge in [-0.3, -0.25) is 5.10 Å². The summed E-state index contributed by atoms with van der Waals surface area (Å²) in [6, 6.07) is 9.59. The van der Waals surface area contributed by atoms with Crippen molar-refractivity contribution in [2.24, 2.45) is 4.99 Å². The van der Waals surface area contributed by atoms with Gasteiger partial charge < -0.3 is 0 Å². The van der Waals surface area contributed by atoms with Crippen molar-refractivity contribution in [1.82, 2.24) is 10.2 Å². The molecule has 2 rings (SSSR count). The van der Waals surface area contributed by atoms with Crippen molar-refractivity contribution in [2.75, 3.05) is 0 Å². The van der Waals surface area contributed by atoms with Crippen LogP contribution in [0.5, 0.6) is 0 Å². The molecule has 0 saturated carbocycles. The molecule has 16 heavy (non-hydrogen) atoms. The van der Waals surface area contributed by atoms with Crippen LogP contribution < -0.4 is 0 Å². The number of hydrogen-bond acceptors (Lipinski definition) is 3. The molecule has 0 amide bonds. The first-order valence-corrected chi connectivity index (χ1v) is 4.98. The third kappa shape index (κ3) is 1.92. The zero-order valence-corrected chi connectivity index (χ0v) is 8.84. The van der Waals surface area contributed by atoms with Crippen LogP contribution in [-0.2, 0) is 4.79 Å². The average Bonchev–Trinajstić information content (AvgIpc) is 2.79. The van der Waals surface area contributed by atoms with E-state index < -0.39 is 0 Å². The second-order valence-electron chi connectivity index (χ2n) is 3.46. The van der Waals surface area contributed by atoms with Gasteiger partial charge in [-0.05, 0) is 12.5 Å². The molecule has 0 aliphatic heterocycles. The van der Waals surface area contributed by atoms with Gasteiger partial charge in [-0.25, -0.2) is 4.79 Å². The summed E-state index contributed by atoms with van der Waals surface area (Å²) in [4.78, 5) is 13.9. The molecular weight excluding hydrogens is 202 g/mol. The maximum Gasteiger partial charge on any atom is 0.235 e. The number of nitrogens with one attached hydrogen (secondary N) is 1. The maximum atomic E-state index is 10.2. The van der Waals surface area contributed by atoms with E-state index in [-0.39, 0.29) is 6.04 Å². The Bertz CT molecular complexity index is 512. The van der Waals surface area contributed by atoms with Gasteiger partial charge in [-0.2, -0.15) is 10.1 Å². The molecule has 2 aromatic rings. The number of aliphatic imine (C=N–C) groups is 1. The normalized spacial score (nSPS) is 11.8. The predicted octanol–water partition coefficient (Wildman–Crippen LogP) is 2.47. The third-order valence-corrected chi connectivity index (χ3v) is 2.43. The number of hydrogen-bond donors (Lipinski definition) is 1. The molecule has 0 aliphatic carbocycles. The van der Waals surface area contributed by atoms with Gasteiger partial charge in [0.05, 0.1) is 17.9 Å². The largest absolute Gasteiger partial charge is 0.277 e. The number of nitrogens with zero attached hydrogens (tertiary/aromatic N) is 2. The van der Waals surface area contributed by atoms with E-state index in [4.69, 9.17) is 0 Å². The topological polar surface area (TPSA) is 58.1 Å². The Hall–Kier alpha value is -2.19. The first-order chi connectivity index (χ1) is 7.83. The standard InChI is InChI=1S/C12H11N3O/c1-9(13-8-16)11-7-14-15-12(11)10-5-3-2-4-6-10/h2-7,9H,1H3,(H,14,15). The van der Waals surface area contributed by atoms with Gasteiger partial charge in [0.2, 0.25) is 6.08 Å². The van der Waals surface area contributed by atoms with Crippen molar-refractivity contribution >= 4 is 6.08 Å². The van der Waals surface area contributed by atoms with Crippen LogP contribution in [0.25, 0.3) is 11.3 Å². The second-order valence-corrected chi connectivity index (χ2v) is 3.46. The van der Waals surface area contributed by atoms with Crippen molar-refractivity contribution in [3.8, 4) is 11.3 Å². The second kappa shape index (κ2) is 4.55. The van der Waals surface area contributed by atoms with Crippen LogP contribution in [0, 0.1) is 0 Å². The van der Waals surface area contributed by atoms with Crippen LogP contribution in [0.3, 0.4) is 0 Å². The lowest BCUT2D eigenvalue weighted by Crippen LogP contribution is -1.90. The maximum absolute atomic E-state index is 10.2. The number of aromatic nitrogens is 2. The summed E-state index contributed by atoms with van der Waals surface area (Å²) in [7, 11) is 0. The van der Waals surface area contributed by atoms with Crippen molar-refractivity contribution in [2.45, 2.75) is 13.0 Å². The molecule has 0 saturated heterocycles. The number of rotatable bonds is 3. The van der Waals surface area contributed by atoms with Crippen molar-refractivity contribution in [3.05, 3.63) is 42.1 Å². The molecule has 0 spiro atoms. The molecule has 0 aliphatic rings. The lowest BCUT2D eigenvalue weighted by atomic mass is 10.0. The first kappa shape index (κ1) is 10.3. The predicted molar refractivity (Wildman–Crippen MR) is 60.6 cm³/mol. The molecule has 4 heteroatoms. The summed E-state index contributed by atoms with van der Waals surface area (Å²) >= 11 is 0. The van der Waals surface area contributed by atoms with E-state index in [1.165, 1.54) is 0 Å². The molecule has 1 heterocycles. The fourth-order valence-electron chi connectivity index (χ4n) is 1.60. The average molecular weight is 213 g/mol. The Morgan fingerprint density at radius 1 is 1.38 bits per heavy atom. The number of benzene rings is 1. The smallest absolute Gasteiger partial charge is 0.235 e. The molecule has 0 bridgehead atoms. The monoisotopic (exact) mass is 213 g/mol. The molecule has 0 radical (unpaired) electrons. The molecule has 4 nitrogen and oxygen atoms in total. The highest BCUT2D eigenvalue weighted by atomic mass is 16.1. The van der Waals surface area contributed by atoms with Crippen LogP contribution in [0.4, 0.5) is 0 Å². The minimum atomic E-state index is -0.230. The highest BCUT2D eigenvalue weighted by Crippen LogP contribution is 2.27. The lowest BCUT2D eigenvalue weighted by Gasteiger charge is -2.05. The Morgan fingerprint density at radius 3 is 2.81 bits per heavy atom. The third-order valence-electron chi connectivity index (χ3n) is 2.43. The fraction of sp³-hybridized carbons (Fsp3) is 0.167. The van der Waals surface area contributed by atoms with E-state index in [0.29, 0.717) is 0 Å².